The van der Waals surface area contributed by atoms with Crippen molar-refractivity contribution in [2.45, 2.75) is 39.2 Å². The topological polar surface area (TPSA) is 54.9 Å². The first-order chi connectivity index (χ1) is 11.7. The number of nitrogens with zero attached hydrogens (tertiary/aromatic N) is 1. The maximum Gasteiger partial charge on any atom is 0.191 e. The molecule has 136 valence electrons. The predicted molar refractivity (Wildman–Crippen MR) is 96.2 cm³/mol. The lowest BCUT2D eigenvalue weighted by Gasteiger charge is -2.15. The van der Waals surface area contributed by atoms with Crippen LogP contribution in [0.2, 0.25) is 0 Å². The minimum atomic E-state index is -0.267. The van der Waals surface area contributed by atoms with E-state index < -0.39 is 0 Å². The molecule has 0 amide bonds. The second-order valence-electron chi connectivity index (χ2n) is 5.58. The van der Waals surface area contributed by atoms with Crippen LogP contribution in [0.1, 0.15) is 33.1 Å². The van der Waals surface area contributed by atoms with Crippen molar-refractivity contribution in [1.29, 1.82) is 0 Å². The summed E-state index contributed by atoms with van der Waals surface area (Å²) in [6.07, 6.45) is 3.20. The summed E-state index contributed by atoms with van der Waals surface area (Å²) in [6, 6.07) is 6.03. The maximum absolute atomic E-state index is 12.9. The van der Waals surface area contributed by atoms with Gasteiger partial charge in [0.1, 0.15) is 17.7 Å². The molecule has 0 saturated heterocycles. The van der Waals surface area contributed by atoms with Gasteiger partial charge in [-0.25, -0.2) is 9.38 Å². The standard InChI is InChI=1S/C18H30FN3O2/c1-4-20-18(21-12-6-5-7-13-23-3)22-14-15(2)24-17-10-8-16(19)9-11-17/h8-11,15H,4-7,12-14H2,1-3H3,(H2,20,21,22). The smallest absolute Gasteiger partial charge is 0.191 e. The predicted octanol–water partition coefficient (Wildman–Crippen LogP) is 2.96. The molecule has 0 bridgehead atoms. The van der Waals surface area contributed by atoms with Crippen LogP contribution in [0.25, 0.3) is 0 Å². The van der Waals surface area contributed by atoms with Crippen LogP contribution in [-0.2, 0) is 4.74 Å². The van der Waals surface area contributed by atoms with E-state index in [0.717, 1.165) is 44.9 Å². The van der Waals surface area contributed by atoms with Crippen molar-refractivity contribution < 1.29 is 13.9 Å². The van der Waals surface area contributed by atoms with Crippen LogP contribution in [0, 0.1) is 5.82 Å². The highest BCUT2D eigenvalue weighted by Gasteiger charge is 2.05. The van der Waals surface area contributed by atoms with Gasteiger partial charge in [-0.2, -0.15) is 0 Å². The van der Waals surface area contributed by atoms with Crippen LogP contribution in [0.5, 0.6) is 5.75 Å². The van der Waals surface area contributed by atoms with Crippen molar-refractivity contribution in [1.82, 2.24) is 10.6 Å². The highest BCUT2D eigenvalue weighted by molar-refractivity contribution is 5.79. The molecule has 1 unspecified atom stereocenters. The largest absolute Gasteiger partial charge is 0.489 e. The van der Waals surface area contributed by atoms with E-state index in [9.17, 15) is 4.39 Å². The molecule has 24 heavy (non-hydrogen) atoms. The number of hydrogen-bond acceptors (Lipinski definition) is 3. The Balaban J connectivity index is 2.33. The van der Waals surface area contributed by atoms with Gasteiger partial charge >= 0.3 is 0 Å². The van der Waals surface area contributed by atoms with E-state index in [0.29, 0.717) is 12.3 Å². The molecule has 6 heteroatoms. The summed E-state index contributed by atoms with van der Waals surface area (Å²) in [5, 5.41) is 6.54. The third-order valence-corrected chi connectivity index (χ3v) is 3.32. The molecule has 0 aliphatic carbocycles. The number of hydrogen-bond donors (Lipinski definition) is 2. The summed E-state index contributed by atoms with van der Waals surface area (Å²) in [5.74, 6) is 1.17. The molecule has 0 radical (unpaired) electrons. The summed E-state index contributed by atoms with van der Waals surface area (Å²) in [6.45, 7) is 7.00. The first-order valence-corrected chi connectivity index (χ1v) is 8.59. The van der Waals surface area contributed by atoms with Gasteiger partial charge in [0.15, 0.2) is 5.96 Å². The lowest BCUT2D eigenvalue weighted by atomic mass is 10.2. The Labute approximate surface area is 144 Å². The molecule has 5 nitrogen and oxygen atoms in total. The Hall–Kier alpha value is -1.82. The minimum absolute atomic E-state index is 0.0902. The normalized spacial score (nSPS) is 12.8. The Morgan fingerprint density at radius 2 is 1.92 bits per heavy atom. The van der Waals surface area contributed by atoms with Gasteiger partial charge in [-0.15, -0.1) is 0 Å². The SMILES string of the molecule is CCNC(=NCC(C)Oc1ccc(F)cc1)NCCCCCOC. The fraction of sp³-hybridized carbons (Fsp3) is 0.611. The van der Waals surface area contributed by atoms with E-state index in [2.05, 4.69) is 15.6 Å². The van der Waals surface area contributed by atoms with E-state index >= 15 is 0 Å². The maximum atomic E-state index is 12.9. The summed E-state index contributed by atoms with van der Waals surface area (Å²) in [4.78, 5) is 4.53. The molecular weight excluding hydrogens is 309 g/mol. The third kappa shape index (κ3) is 9.35. The summed E-state index contributed by atoms with van der Waals surface area (Å²) in [7, 11) is 1.73. The van der Waals surface area contributed by atoms with Crippen molar-refractivity contribution in [2.24, 2.45) is 4.99 Å². The number of guanidine groups is 1. The third-order valence-electron chi connectivity index (χ3n) is 3.32. The number of unbranched alkanes of at least 4 members (excludes halogenated alkanes) is 2. The zero-order valence-corrected chi connectivity index (χ0v) is 15.0. The number of methoxy groups -OCH3 is 1. The molecule has 0 spiro atoms. The number of aliphatic imine (C=N–C) groups is 1. The Kier molecular flexibility index (Phi) is 10.6. The Bertz CT molecular complexity index is 466. The molecule has 0 fully saturated rings. The lowest BCUT2D eigenvalue weighted by molar-refractivity contribution is 0.192. The molecule has 0 saturated carbocycles. The number of ether oxygens (including phenoxy) is 2. The molecule has 1 atom stereocenters. The van der Waals surface area contributed by atoms with E-state index in [1.807, 2.05) is 13.8 Å². The molecule has 0 aliphatic rings. The second-order valence-corrected chi connectivity index (χ2v) is 5.58. The van der Waals surface area contributed by atoms with Gasteiger partial charge in [0.25, 0.3) is 0 Å². The summed E-state index contributed by atoms with van der Waals surface area (Å²) < 4.78 is 23.6. The van der Waals surface area contributed by atoms with E-state index in [1.54, 1.807) is 19.2 Å². The first-order valence-electron chi connectivity index (χ1n) is 8.59. The van der Waals surface area contributed by atoms with Crippen molar-refractivity contribution in [3.63, 3.8) is 0 Å². The lowest BCUT2D eigenvalue weighted by Crippen LogP contribution is -2.38. The van der Waals surface area contributed by atoms with Gasteiger partial charge in [-0.1, -0.05) is 0 Å². The van der Waals surface area contributed by atoms with Crippen molar-refractivity contribution in [2.75, 3.05) is 33.4 Å². The van der Waals surface area contributed by atoms with E-state index in [4.69, 9.17) is 9.47 Å². The molecular formula is C18H30FN3O2. The fourth-order valence-corrected chi connectivity index (χ4v) is 2.10. The van der Waals surface area contributed by atoms with Gasteiger partial charge in [-0.05, 0) is 57.4 Å². The van der Waals surface area contributed by atoms with Crippen LogP contribution in [0.3, 0.4) is 0 Å². The quantitative estimate of drug-likeness (QED) is 0.370. The average Bonchev–Trinajstić information content (AvgIpc) is 2.57. The number of benzene rings is 1. The van der Waals surface area contributed by atoms with Gasteiger partial charge in [0, 0.05) is 26.8 Å². The molecule has 0 heterocycles. The molecule has 2 N–H and O–H groups in total. The molecule has 1 aromatic rings. The van der Waals surface area contributed by atoms with Crippen LogP contribution < -0.4 is 15.4 Å². The summed E-state index contributed by atoms with van der Waals surface area (Å²) in [5.41, 5.74) is 0. The minimum Gasteiger partial charge on any atom is -0.489 e. The number of rotatable bonds is 11. The fourth-order valence-electron chi connectivity index (χ4n) is 2.10. The Morgan fingerprint density at radius 1 is 1.17 bits per heavy atom. The highest BCUT2D eigenvalue weighted by Crippen LogP contribution is 2.13. The zero-order valence-electron chi connectivity index (χ0n) is 15.0. The Morgan fingerprint density at radius 3 is 2.58 bits per heavy atom. The van der Waals surface area contributed by atoms with Crippen LogP contribution in [-0.4, -0.2) is 45.4 Å². The first kappa shape index (κ1) is 20.2. The van der Waals surface area contributed by atoms with Gasteiger partial charge in [0.2, 0.25) is 0 Å². The van der Waals surface area contributed by atoms with Crippen molar-refractivity contribution >= 4 is 5.96 Å². The van der Waals surface area contributed by atoms with Crippen LogP contribution in [0.15, 0.2) is 29.3 Å². The molecule has 1 aromatic carbocycles. The van der Waals surface area contributed by atoms with E-state index in [1.165, 1.54) is 12.1 Å². The van der Waals surface area contributed by atoms with Crippen molar-refractivity contribution in [3.05, 3.63) is 30.1 Å². The van der Waals surface area contributed by atoms with E-state index in [-0.39, 0.29) is 11.9 Å². The zero-order chi connectivity index (χ0) is 17.6. The molecule has 1 rings (SSSR count). The monoisotopic (exact) mass is 339 g/mol. The van der Waals surface area contributed by atoms with Gasteiger partial charge in [0.05, 0.1) is 6.54 Å². The molecule has 0 aliphatic heterocycles. The van der Waals surface area contributed by atoms with Crippen LogP contribution >= 0.6 is 0 Å². The van der Waals surface area contributed by atoms with Gasteiger partial charge in [-0.3, -0.25) is 0 Å². The van der Waals surface area contributed by atoms with Crippen LogP contribution in [0.4, 0.5) is 4.39 Å². The summed E-state index contributed by atoms with van der Waals surface area (Å²) >= 11 is 0. The van der Waals surface area contributed by atoms with Crippen molar-refractivity contribution in [3.8, 4) is 5.75 Å². The highest BCUT2D eigenvalue weighted by atomic mass is 19.1. The van der Waals surface area contributed by atoms with Gasteiger partial charge < -0.3 is 20.1 Å². The number of halogens is 1. The molecule has 0 aromatic heterocycles. The number of nitrogens with one attached hydrogen (secondary N) is 2. The second kappa shape index (κ2) is 12.6. The average molecular weight is 339 g/mol.